The van der Waals surface area contributed by atoms with Crippen molar-refractivity contribution in [3.63, 3.8) is 0 Å². The van der Waals surface area contributed by atoms with Crippen LogP contribution in [-0.2, 0) is 24.2 Å². The second-order valence-corrected chi connectivity index (χ2v) is 10.8. The molecule has 0 fully saturated rings. The second-order valence-electron chi connectivity index (χ2n) is 10.0. The number of hydrogen-bond acceptors (Lipinski definition) is 4. The van der Waals surface area contributed by atoms with Crippen molar-refractivity contribution < 1.29 is 14.6 Å². The van der Waals surface area contributed by atoms with E-state index in [1.54, 1.807) is 41.0 Å². The molecule has 4 rings (SSSR count). The maximum Gasteiger partial charge on any atom is 0.349 e. The number of carboxylic acid groups (broad SMARTS) is 1. The van der Waals surface area contributed by atoms with Crippen LogP contribution in [0, 0.1) is 6.92 Å². The average Bonchev–Trinajstić information content (AvgIpc) is 2.94. The zero-order chi connectivity index (χ0) is 29.5. The highest BCUT2D eigenvalue weighted by molar-refractivity contribution is 6.33. The van der Waals surface area contributed by atoms with Crippen LogP contribution in [0.3, 0.4) is 0 Å². The van der Waals surface area contributed by atoms with Crippen LogP contribution in [0.15, 0.2) is 71.5 Å². The van der Waals surface area contributed by atoms with Gasteiger partial charge < -0.3 is 9.84 Å². The van der Waals surface area contributed by atoms with Gasteiger partial charge in [0.1, 0.15) is 11.6 Å². The molecule has 41 heavy (non-hydrogen) atoms. The van der Waals surface area contributed by atoms with Gasteiger partial charge in [-0.1, -0.05) is 98.4 Å². The van der Waals surface area contributed by atoms with Crippen LogP contribution >= 0.6 is 23.2 Å². The Morgan fingerprint density at radius 1 is 0.976 bits per heavy atom. The maximum atomic E-state index is 14.0. The molecule has 3 aromatic carbocycles. The van der Waals surface area contributed by atoms with Crippen molar-refractivity contribution in [2.75, 3.05) is 0 Å². The molecule has 0 aliphatic carbocycles. The van der Waals surface area contributed by atoms with Gasteiger partial charge in [0.05, 0.1) is 17.8 Å². The minimum absolute atomic E-state index is 0.140. The first kappa shape index (κ1) is 30.4. The minimum Gasteiger partial charge on any atom is -0.478 e. The summed E-state index contributed by atoms with van der Waals surface area (Å²) in [7, 11) is 0. The van der Waals surface area contributed by atoms with E-state index in [9.17, 15) is 14.7 Å². The van der Waals surface area contributed by atoms with Crippen LogP contribution in [0.1, 0.15) is 67.4 Å². The molecule has 0 aliphatic rings. The molecule has 0 amide bonds. The quantitative estimate of drug-likeness (QED) is 0.180. The van der Waals surface area contributed by atoms with Gasteiger partial charge in [0.25, 0.3) is 5.56 Å². The standard InChI is InChI=1S/C33H34Cl2N2O4/c1-4-6-16-29-36-21(3)30(24-12-7-9-14-26(24)34)32(38)37(29)20-22-17-18-28(23(19-22)11-5-2)41-31(33(39)40)25-13-8-10-15-27(25)35/h7-10,12-15,17-19,31H,4-6,11,16,20H2,1-3H3,(H,39,40). The second kappa shape index (κ2) is 13.8. The highest BCUT2D eigenvalue weighted by atomic mass is 35.5. The van der Waals surface area contributed by atoms with Gasteiger partial charge in [0, 0.05) is 27.6 Å². The van der Waals surface area contributed by atoms with E-state index in [-0.39, 0.29) is 5.56 Å². The smallest absolute Gasteiger partial charge is 0.349 e. The maximum absolute atomic E-state index is 14.0. The molecule has 0 saturated carbocycles. The van der Waals surface area contributed by atoms with Crippen molar-refractivity contribution >= 4 is 29.2 Å². The monoisotopic (exact) mass is 592 g/mol. The Kier molecular flexibility index (Phi) is 10.2. The lowest BCUT2D eigenvalue weighted by Gasteiger charge is -2.20. The predicted octanol–water partition coefficient (Wildman–Crippen LogP) is 8.07. The molecule has 4 aromatic rings. The van der Waals surface area contributed by atoms with Gasteiger partial charge in [0.15, 0.2) is 0 Å². The molecule has 1 unspecified atom stereocenters. The van der Waals surface area contributed by atoms with E-state index < -0.39 is 12.1 Å². The number of aryl methyl sites for hydroxylation is 3. The first-order valence-electron chi connectivity index (χ1n) is 13.9. The number of aromatic nitrogens is 2. The fourth-order valence-corrected chi connectivity index (χ4v) is 5.40. The molecule has 214 valence electrons. The molecule has 1 aromatic heterocycles. The molecule has 1 heterocycles. The van der Waals surface area contributed by atoms with Crippen molar-refractivity contribution in [3.05, 3.63) is 115 Å². The van der Waals surface area contributed by atoms with Gasteiger partial charge in [-0.25, -0.2) is 9.78 Å². The molecule has 8 heteroatoms. The summed E-state index contributed by atoms with van der Waals surface area (Å²) in [6, 6.07) is 19.7. The number of rotatable bonds is 12. The summed E-state index contributed by atoms with van der Waals surface area (Å²) in [6.45, 7) is 6.32. The molecule has 0 saturated heterocycles. The van der Waals surface area contributed by atoms with Gasteiger partial charge in [0.2, 0.25) is 6.10 Å². The molecule has 0 bridgehead atoms. The van der Waals surface area contributed by atoms with Crippen molar-refractivity contribution in [1.82, 2.24) is 9.55 Å². The predicted molar refractivity (Wildman–Crippen MR) is 164 cm³/mol. The van der Waals surface area contributed by atoms with E-state index in [4.69, 9.17) is 32.9 Å². The third kappa shape index (κ3) is 7.00. The molecular formula is C33H34Cl2N2O4. The summed E-state index contributed by atoms with van der Waals surface area (Å²) in [4.78, 5) is 31.0. The zero-order valence-electron chi connectivity index (χ0n) is 23.5. The van der Waals surface area contributed by atoms with E-state index in [2.05, 4.69) is 6.92 Å². The summed E-state index contributed by atoms with van der Waals surface area (Å²) < 4.78 is 7.79. The highest BCUT2D eigenvalue weighted by Crippen LogP contribution is 2.32. The Hall–Kier alpha value is -3.61. The van der Waals surface area contributed by atoms with Gasteiger partial charge in [-0.3, -0.25) is 9.36 Å². The number of carbonyl (C=O) groups is 1. The molecule has 6 nitrogen and oxygen atoms in total. The Bertz CT molecular complexity index is 1600. The van der Waals surface area contributed by atoms with E-state index in [1.807, 2.05) is 44.2 Å². The van der Waals surface area contributed by atoms with Crippen LogP contribution in [0.2, 0.25) is 10.0 Å². The number of hydrogen-bond donors (Lipinski definition) is 1. The lowest BCUT2D eigenvalue weighted by atomic mass is 10.0. The number of aliphatic carboxylic acids is 1. The largest absolute Gasteiger partial charge is 0.478 e. The fraction of sp³-hybridized carbons (Fsp3) is 0.303. The van der Waals surface area contributed by atoms with Gasteiger partial charge in [-0.05, 0) is 49.1 Å². The van der Waals surface area contributed by atoms with E-state index in [0.29, 0.717) is 57.6 Å². The molecule has 1 N–H and O–H groups in total. The van der Waals surface area contributed by atoms with Crippen molar-refractivity contribution in [3.8, 4) is 16.9 Å². The van der Waals surface area contributed by atoms with Gasteiger partial charge in [-0.15, -0.1) is 0 Å². The number of benzene rings is 3. The SMILES string of the molecule is CCCCc1nc(C)c(-c2ccccc2Cl)c(=O)n1Cc1ccc(OC(C(=O)O)c2ccccc2Cl)c(CCC)c1. The Morgan fingerprint density at radius 3 is 2.34 bits per heavy atom. The van der Waals surface area contributed by atoms with Crippen molar-refractivity contribution in [2.45, 2.75) is 65.5 Å². The van der Waals surface area contributed by atoms with Crippen LogP contribution < -0.4 is 10.3 Å². The Labute approximate surface area is 250 Å². The minimum atomic E-state index is -1.26. The van der Waals surface area contributed by atoms with Gasteiger partial charge >= 0.3 is 5.97 Å². The first-order valence-corrected chi connectivity index (χ1v) is 14.6. The highest BCUT2D eigenvalue weighted by Gasteiger charge is 2.25. The molecule has 0 radical (unpaired) electrons. The first-order chi connectivity index (χ1) is 19.7. The summed E-state index contributed by atoms with van der Waals surface area (Å²) in [6.07, 6.45) is 2.80. The van der Waals surface area contributed by atoms with Crippen LogP contribution in [0.5, 0.6) is 5.75 Å². The Morgan fingerprint density at radius 2 is 1.68 bits per heavy atom. The number of unbranched alkanes of at least 4 members (excludes halogenated alkanes) is 1. The molecule has 0 aliphatic heterocycles. The number of nitrogens with zero attached hydrogens (tertiary/aromatic N) is 2. The number of halogens is 2. The fourth-order valence-electron chi connectivity index (χ4n) is 4.93. The lowest BCUT2D eigenvalue weighted by molar-refractivity contribution is -0.145. The third-order valence-electron chi connectivity index (χ3n) is 6.97. The third-order valence-corrected chi connectivity index (χ3v) is 7.64. The lowest BCUT2D eigenvalue weighted by Crippen LogP contribution is -2.28. The molecule has 0 spiro atoms. The summed E-state index contributed by atoms with van der Waals surface area (Å²) in [5, 5.41) is 10.8. The summed E-state index contributed by atoms with van der Waals surface area (Å²) in [5.41, 5.74) is 3.80. The average molecular weight is 594 g/mol. The summed E-state index contributed by atoms with van der Waals surface area (Å²) in [5.74, 6) is 0.0713. The van der Waals surface area contributed by atoms with Crippen LogP contribution in [0.25, 0.3) is 11.1 Å². The Balaban J connectivity index is 1.76. The number of ether oxygens (including phenoxy) is 1. The topological polar surface area (TPSA) is 81.4 Å². The van der Waals surface area contributed by atoms with Crippen LogP contribution in [0.4, 0.5) is 0 Å². The molecule has 1 atom stereocenters. The normalized spacial score (nSPS) is 11.8. The van der Waals surface area contributed by atoms with E-state index in [1.165, 1.54) is 0 Å². The van der Waals surface area contributed by atoms with Crippen molar-refractivity contribution in [1.29, 1.82) is 0 Å². The molecular weight excluding hydrogens is 559 g/mol. The number of carboxylic acids is 1. The summed E-state index contributed by atoms with van der Waals surface area (Å²) >= 11 is 12.8. The van der Waals surface area contributed by atoms with Crippen LogP contribution in [-0.4, -0.2) is 20.6 Å². The van der Waals surface area contributed by atoms with Gasteiger partial charge in [-0.2, -0.15) is 0 Å². The van der Waals surface area contributed by atoms with Crippen molar-refractivity contribution in [2.24, 2.45) is 0 Å². The van der Waals surface area contributed by atoms with E-state index >= 15 is 0 Å². The van der Waals surface area contributed by atoms with E-state index in [0.717, 1.165) is 36.2 Å². The zero-order valence-corrected chi connectivity index (χ0v) is 25.0.